The van der Waals surface area contributed by atoms with Gasteiger partial charge in [0.05, 0.1) is 13.2 Å². The number of ether oxygens (including phenoxy) is 1. The molecule has 0 amide bonds. The molecule has 1 saturated heterocycles. The molecule has 4 rings (SSSR count). The maximum Gasteiger partial charge on any atom is 0.156 e. The number of H-pyrrole nitrogens is 1. The highest BCUT2D eigenvalue weighted by molar-refractivity contribution is 5.79. The van der Waals surface area contributed by atoms with E-state index in [1.807, 2.05) is 6.07 Å². The fourth-order valence-electron chi connectivity index (χ4n) is 2.68. The van der Waals surface area contributed by atoms with Crippen LogP contribution in [0.15, 0.2) is 42.7 Å². The summed E-state index contributed by atoms with van der Waals surface area (Å²) in [5, 5.41) is 0. The molecule has 0 bridgehead atoms. The number of anilines is 1. The zero-order chi connectivity index (χ0) is 14.1. The molecule has 3 heterocycles. The van der Waals surface area contributed by atoms with E-state index in [-0.39, 0.29) is 0 Å². The third-order valence-electron chi connectivity index (χ3n) is 3.82. The molecule has 3 aromatic rings. The van der Waals surface area contributed by atoms with Crippen molar-refractivity contribution < 1.29 is 4.74 Å². The van der Waals surface area contributed by atoms with Crippen LogP contribution in [0.4, 0.5) is 5.69 Å². The van der Waals surface area contributed by atoms with Gasteiger partial charge in [-0.3, -0.25) is 4.98 Å². The van der Waals surface area contributed by atoms with Gasteiger partial charge < -0.3 is 14.6 Å². The summed E-state index contributed by atoms with van der Waals surface area (Å²) in [5.41, 5.74) is 5.15. The van der Waals surface area contributed by atoms with Crippen molar-refractivity contribution in [3.05, 3.63) is 42.7 Å². The summed E-state index contributed by atoms with van der Waals surface area (Å²) < 4.78 is 5.39. The molecule has 0 atom stereocenters. The summed E-state index contributed by atoms with van der Waals surface area (Å²) in [6.45, 7) is 3.53. The predicted octanol–water partition coefficient (Wildman–Crippen LogP) is 2.46. The van der Waals surface area contributed by atoms with Crippen molar-refractivity contribution in [2.75, 3.05) is 31.2 Å². The standard InChI is InChI=1S/C16H16N4O/c1-3-13(20-7-9-21-10-8-20)4-2-12(1)14-11-15-16(19-14)18-6-5-17-15/h1-6,11H,7-10H2,(H,18,19). The molecule has 1 aromatic carbocycles. The van der Waals surface area contributed by atoms with Crippen molar-refractivity contribution in [3.63, 3.8) is 0 Å². The van der Waals surface area contributed by atoms with Crippen molar-refractivity contribution in [2.24, 2.45) is 0 Å². The van der Waals surface area contributed by atoms with Crippen molar-refractivity contribution in [3.8, 4) is 11.3 Å². The Labute approximate surface area is 122 Å². The van der Waals surface area contributed by atoms with Gasteiger partial charge in [-0.2, -0.15) is 0 Å². The minimum atomic E-state index is 0.807. The monoisotopic (exact) mass is 280 g/mol. The van der Waals surface area contributed by atoms with E-state index in [0.717, 1.165) is 48.7 Å². The summed E-state index contributed by atoms with van der Waals surface area (Å²) in [7, 11) is 0. The molecule has 5 heteroatoms. The van der Waals surface area contributed by atoms with Crippen LogP contribution < -0.4 is 4.90 Å². The molecule has 1 fully saturated rings. The van der Waals surface area contributed by atoms with Gasteiger partial charge >= 0.3 is 0 Å². The molecular weight excluding hydrogens is 264 g/mol. The maximum absolute atomic E-state index is 5.39. The van der Waals surface area contributed by atoms with Gasteiger partial charge in [0.2, 0.25) is 0 Å². The van der Waals surface area contributed by atoms with Gasteiger partial charge in [0, 0.05) is 36.9 Å². The number of hydrogen-bond donors (Lipinski definition) is 1. The van der Waals surface area contributed by atoms with Crippen molar-refractivity contribution in [2.45, 2.75) is 0 Å². The first-order chi connectivity index (χ1) is 10.4. The lowest BCUT2D eigenvalue weighted by Gasteiger charge is -2.28. The third-order valence-corrected chi connectivity index (χ3v) is 3.82. The van der Waals surface area contributed by atoms with E-state index in [2.05, 4.69) is 44.1 Å². The van der Waals surface area contributed by atoms with Gasteiger partial charge in [0.25, 0.3) is 0 Å². The number of rotatable bonds is 2. The number of morpholine rings is 1. The van der Waals surface area contributed by atoms with Gasteiger partial charge in [-0.25, -0.2) is 4.98 Å². The minimum Gasteiger partial charge on any atom is -0.378 e. The Kier molecular flexibility index (Phi) is 3.05. The fraction of sp³-hybridized carbons (Fsp3) is 0.250. The summed E-state index contributed by atoms with van der Waals surface area (Å²) in [6, 6.07) is 10.6. The Bertz CT molecular complexity index is 711. The Hall–Kier alpha value is -2.40. The second-order valence-electron chi connectivity index (χ2n) is 5.12. The van der Waals surface area contributed by atoms with E-state index in [4.69, 9.17) is 4.74 Å². The van der Waals surface area contributed by atoms with Crippen LogP contribution in [0, 0.1) is 0 Å². The molecule has 0 saturated carbocycles. The quantitative estimate of drug-likeness (QED) is 0.783. The van der Waals surface area contributed by atoms with Crippen LogP contribution >= 0.6 is 0 Å². The summed E-state index contributed by atoms with van der Waals surface area (Å²) in [4.78, 5) is 14.2. The first kappa shape index (κ1) is 12.3. The summed E-state index contributed by atoms with van der Waals surface area (Å²) in [6.07, 6.45) is 3.41. The van der Waals surface area contributed by atoms with Crippen LogP contribution in [0.5, 0.6) is 0 Å². The first-order valence-electron chi connectivity index (χ1n) is 7.13. The lowest BCUT2D eigenvalue weighted by atomic mass is 10.1. The predicted molar refractivity (Wildman–Crippen MR) is 82.4 cm³/mol. The minimum absolute atomic E-state index is 0.807. The number of fused-ring (bicyclic) bond motifs is 1. The number of aromatic amines is 1. The largest absolute Gasteiger partial charge is 0.378 e. The topological polar surface area (TPSA) is 54.0 Å². The number of hydrogen-bond acceptors (Lipinski definition) is 4. The van der Waals surface area contributed by atoms with Crippen LogP contribution in [-0.2, 0) is 4.74 Å². The molecule has 0 unspecified atom stereocenters. The van der Waals surface area contributed by atoms with Crippen LogP contribution in [0.1, 0.15) is 0 Å². The van der Waals surface area contributed by atoms with Gasteiger partial charge in [0.15, 0.2) is 5.65 Å². The van der Waals surface area contributed by atoms with Crippen LogP contribution in [-0.4, -0.2) is 41.3 Å². The molecule has 0 spiro atoms. The van der Waals surface area contributed by atoms with Crippen molar-refractivity contribution in [1.82, 2.24) is 15.0 Å². The number of benzene rings is 1. The van der Waals surface area contributed by atoms with Crippen LogP contribution in [0.25, 0.3) is 22.4 Å². The van der Waals surface area contributed by atoms with E-state index in [1.165, 1.54) is 5.69 Å². The van der Waals surface area contributed by atoms with Gasteiger partial charge in [-0.05, 0) is 23.8 Å². The highest BCUT2D eigenvalue weighted by atomic mass is 16.5. The third kappa shape index (κ3) is 2.36. The average Bonchev–Trinajstić information content (AvgIpc) is 3.00. The summed E-state index contributed by atoms with van der Waals surface area (Å²) >= 11 is 0. The number of aromatic nitrogens is 3. The highest BCUT2D eigenvalue weighted by Crippen LogP contribution is 2.25. The molecule has 0 radical (unpaired) electrons. The van der Waals surface area contributed by atoms with E-state index in [9.17, 15) is 0 Å². The second-order valence-corrected chi connectivity index (χ2v) is 5.12. The van der Waals surface area contributed by atoms with Gasteiger partial charge in [-0.1, -0.05) is 12.1 Å². The zero-order valence-electron chi connectivity index (χ0n) is 11.6. The molecule has 1 aliphatic rings. The lowest BCUT2D eigenvalue weighted by molar-refractivity contribution is 0.122. The Balaban J connectivity index is 1.63. The summed E-state index contributed by atoms with van der Waals surface area (Å²) in [5.74, 6) is 0. The zero-order valence-corrected chi connectivity index (χ0v) is 11.6. The normalized spacial score (nSPS) is 15.5. The second kappa shape index (κ2) is 5.18. The van der Waals surface area contributed by atoms with E-state index in [1.54, 1.807) is 12.4 Å². The van der Waals surface area contributed by atoms with Crippen molar-refractivity contribution >= 4 is 16.9 Å². The Morgan fingerprint density at radius 1 is 1.00 bits per heavy atom. The molecule has 106 valence electrons. The van der Waals surface area contributed by atoms with Crippen LogP contribution in [0.2, 0.25) is 0 Å². The van der Waals surface area contributed by atoms with Gasteiger partial charge in [0.1, 0.15) is 5.52 Å². The van der Waals surface area contributed by atoms with E-state index in [0.29, 0.717) is 0 Å². The molecular formula is C16H16N4O. The number of nitrogens with one attached hydrogen (secondary N) is 1. The molecule has 21 heavy (non-hydrogen) atoms. The lowest BCUT2D eigenvalue weighted by Crippen LogP contribution is -2.36. The Morgan fingerprint density at radius 2 is 1.76 bits per heavy atom. The smallest absolute Gasteiger partial charge is 0.156 e. The molecule has 2 aromatic heterocycles. The molecule has 1 N–H and O–H groups in total. The maximum atomic E-state index is 5.39. The first-order valence-corrected chi connectivity index (χ1v) is 7.13. The van der Waals surface area contributed by atoms with Crippen LogP contribution in [0.3, 0.4) is 0 Å². The highest BCUT2D eigenvalue weighted by Gasteiger charge is 2.11. The number of nitrogens with zero attached hydrogens (tertiary/aromatic N) is 3. The van der Waals surface area contributed by atoms with E-state index < -0.39 is 0 Å². The molecule has 5 nitrogen and oxygen atoms in total. The van der Waals surface area contributed by atoms with Crippen molar-refractivity contribution in [1.29, 1.82) is 0 Å². The molecule has 0 aliphatic carbocycles. The average molecular weight is 280 g/mol. The molecule has 1 aliphatic heterocycles. The fourth-order valence-corrected chi connectivity index (χ4v) is 2.68. The van der Waals surface area contributed by atoms with Gasteiger partial charge in [-0.15, -0.1) is 0 Å². The SMILES string of the molecule is c1cnc2[nH]c(-c3ccc(N4CCOCC4)cc3)cc2n1. The Morgan fingerprint density at radius 3 is 2.52 bits per heavy atom. The van der Waals surface area contributed by atoms with E-state index >= 15 is 0 Å².